The molecule has 7 N–H and O–H groups in total. The second kappa shape index (κ2) is 22.2. The maximum Gasteiger partial charge on any atom is 0.319 e. The van der Waals surface area contributed by atoms with Crippen molar-refractivity contribution in [3.8, 4) is 5.75 Å². The molecule has 7 nitrogen and oxygen atoms in total. The molecular formula is C20H40O7P2S2Zn. The summed E-state index contributed by atoms with van der Waals surface area (Å²) in [5.74, 6) is 0.511. The third kappa shape index (κ3) is 32.9. The third-order valence-corrected chi connectivity index (χ3v) is 4.33. The van der Waals surface area contributed by atoms with Gasteiger partial charge in [-0.1, -0.05) is 77.3 Å². The van der Waals surface area contributed by atoms with Crippen molar-refractivity contribution in [1.82, 2.24) is 0 Å². The largest absolute Gasteiger partial charge is 0.508 e. The number of unbranched alkanes of at least 4 members (excludes halogenated alkanes) is 8. The van der Waals surface area contributed by atoms with Crippen LogP contribution >= 0.6 is 13.4 Å². The summed E-state index contributed by atoms with van der Waals surface area (Å²) in [5.41, 5.74) is 2.59. The minimum absolute atomic E-state index is 0. The molecule has 1 aromatic rings. The first-order valence-electron chi connectivity index (χ1n) is 10.7. The molecule has 0 aliphatic carbocycles. The maximum absolute atomic E-state index is 10.1. The van der Waals surface area contributed by atoms with Gasteiger partial charge in [0.05, 0.1) is 0 Å². The van der Waals surface area contributed by atoms with Gasteiger partial charge in [0.1, 0.15) is 5.75 Å². The van der Waals surface area contributed by atoms with Crippen LogP contribution in [-0.4, -0.2) is 34.5 Å². The summed E-state index contributed by atoms with van der Waals surface area (Å²) in [7, 11) is 0. The first-order chi connectivity index (χ1) is 14.3. The summed E-state index contributed by atoms with van der Waals surface area (Å²) in [6.07, 6.45) is 15.2. The molecule has 0 spiro atoms. The molecular weight excluding hydrogens is 544 g/mol. The van der Waals surface area contributed by atoms with E-state index in [1.54, 1.807) is 0 Å². The molecule has 0 fully saturated rings. The van der Waals surface area contributed by atoms with Crippen molar-refractivity contribution in [2.75, 3.05) is 0 Å². The Labute approximate surface area is 216 Å². The zero-order chi connectivity index (χ0) is 24.3. The van der Waals surface area contributed by atoms with Crippen LogP contribution in [0.3, 0.4) is 0 Å². The molecule has 0 heterocycles. The Morgan fingerprint density at radius 1 is 0.656 bits per heavy atom. The number of benzene rings is 1. The van der Waals surface area contributed by atoms with Crippen LogP contribution < -0.4 is 0 Å². The van der Waals surface area contributed by atoms with E-state index in [4.69, 9.17) is 29.4 Å². The Bertz CT molecular complexity index is 633. The fourth-order valence-corrected chi connectivity index (χ4v) is 2.97. The molecule has 0 radical (unpaired) electrons. The summed E-state index contributed by atoms with van der Waals surface area (Å²) in [4.78, 5) is 45.3. The van der Waals surface area contributed by atoms with E-state index in [0.717, 1.165) is 12.8 Å². The molecule has 0 saturated heterocycles. The SMILES string of the molecule is CCCCCCCc1cccc(O)c1CCCCCCC.OP(O)(O)=S.OP(O)(O)=S.[Zn]. The summed E-state index contributed by atoms with van der Waals surface area (Å²) in [5, 5.41) is 10.1. The monoisotopic (exact) mass is 582 g/mol. The zero-order valence-corrected chi connectivity index (χ0v) is 25.7. The summed E-state index contributed by atoms with van der Waals surface area (Å²) < 4.78 is 0. The van der Waals surface area contributed by atoms with Crippen molar-refractivity contribution < 1.29 is 53.9 Å². The fourth-order valence-electron chi connectivity index (χ4n) is 2.97. The van der Waals surface area contributed by atoms with E-state index in [1.165, 1.54) is 75.3 Å². The number of hydrogen-bond donors (Lipinski definition) is 7. The van der Waals surface area contributed by atoms with E-state index in [2.05, 4.69) is 43.5 Å². The van der Waals surface area contributed by atoms with Crippen LogP contribution in [0.5, 0.6) is 5.75 Å². The van der Waals surface area contributed by atoms with Gasteiger partial charge in [-0.15, -0.1) is 0 Å². The van der Waals surface area contributed by atoms with Gasteiger partial charge in [-0.3, -0.25) is 0 Å². The number of hydrogen-bond acceptors (Lipinski definition) is 3. The van der Waals surface area contributed by atoms with E-state index in [0.29, 0.717) is 5.75 Å². The smallest absolute Gasteiger partial charge is 0.319 e. The number of aryl methyl sites for hydroxylation is 1. The van der Waals surface area contributed by atoms with Crippen molar-refractivity contribution in [3.05, 3.63) is 29.3 Å². The number of phenols is 1. The van der Waals surface area contributed by atoms with E-state index < -0.39 is 13.4 Å². The van der Waals surface area contributed by atoms with E-state index in [-0.39, 0.29) is 19.5 Å². The maximum atomic E-state index is 10.1. The zero-order valence-electron chi connectivity index (χ0n) is 19.3. The van der Waals surface area contributed by atoms with Crippen molar-refractivity contribution in [3.63, 3.8) is 0 Å². The molecule has 0 atom stereocenters. The van der Waals surface area contributed by atoms with E-state index in [1.807, 2.05) is 12.1 Å². The van der Waals surface area contributed by atoms with Crippen LogP contribution in [0.2, 0.25) is 0 Å². The van der Waals surface area contributed by atoms with Crippen molar-refractivity contribution in [2.45, 2.75) is 90.9 Å². The molecule has 0 aromatic heterocycles. The first kappa shape index (κ1) is 37.3. The molecule has 32 heavy (non-hydrogen) atoms. The Hall–Kier alpha value is 0.703. The molecule has 12 heteroatoms. The van der Waals surface area contributed by atoms with Crippen LogP contribution in [-0.2, 0) is 55.9 Å². The molecule has 0 aliphatic rings. The number of aromatic hydroxyl groups is 1. The molecule has 186 valence electrons. The first-order valence-corrected chi connectivity index (χ1v) is 16.0. The van der Waals surface area contributed by atoms with Gasteiger partial charge in [0.2, 0.25) is 0 Å². The average molecular weight is 584 g/mol. The average Bonchev–Trinajstić information content (AvgIpc) is 2.60. The van der Waals surface area contributed by atoms with Gasteiger partial charge >= 0.3 is 13.4 Å². The summed E-state index contributed by atoms with van der Waals surface area (Å²) in [6.45, 7) is -3.11. The van der Waals surface area contributed by atoms with Gasteiger partial charge in [0.15, 0.2) is 0 Å². The summed E-state index contributed by atoms with van der Waals surface area (Å²) in [6, 6.07) is 6.06. The number of rotatable bonds is 12. The van der Waals surface area contributed by atoms with Crippen LogP contribution in [0.1, 0.15) is 89.2 Å². The second-order valence-corrected chi connectivity index (χ2v) is 12.3. The molecule has 0 bridgehead atoms. The molecule has 0 unspecified atom stereocenters. The third-order valence-electron chi connectivity index (χ3n) is 4.33. The predicted molar refractivity (Wildman–Crippen MR) is 135 cm³/mol. The minimum atomic E-state index is -3.81. The van der Waals surface area contributed by atoms with Gasteiger partial charge in [-0.25, -0.2) is 0 Å². The predicted octanol–water partition coefficient (Wildman–Crippen LogP) is 4.79. The van der Waals surface area contributed by atoms with Crippen LogP contribution in [0.25, 0.3) is 0 Å². The Balaban J connectivity index is -0.000000640. The van der Waals surface area contributed by atoms with E-state index >= 15 is 0 Å². The quantitative estimate of drug-likeness (QED) is 0.105. The van der Waals surface area contributed by atoms with Crippen molar-refractivity contribution in [1.29, 1.82) is 0 Å². The normalized spacial score (nSPS) is 10.9. The molecule has 1 rings (SSSR count). The minimum Gasteiger partial charge on any atom is -0.508 e. The van der Waals surface area contributed by atoms with Crippen LogP contribution in [0, 0.1) is 0 Å². The van der Waals surface area contributed by atoms with Gasteiger partial charge in [-0.2, -0.15) is 0 Å². The van der Waals surface area contributed by atoms with Gasteiger partial charge < -0.3 is 34.5 Å². The Morgan fingerprint density at radius 3 is 1.44 bits per heavy atom. The Morgan fingerprint density at radius 2 is 1.03 bits per heavy atom. The topological polar surface area (TPSA) is 142 Å². The van der Waals surface area contributed by atoms with E-state index in [9.17, 15) is 5.11 Å². The standard InChI is InChI=1S/C20H34O.2H3O3PS.Zn/c1-3-5-7-9-11-14-18-15-13-17-20(21)19(18)16-12-10-8-6-4-2;2*1-4(2,3)5;/h13,15,17,21H,3-12,14,16H2,1-2H3;2*(H3,1,2,3,5);. The van der Waals surface area contributed by atoms with Crippen molar-refractivity contribution >= 4 is 37.1 Å². The van der Waals surface area contributed by atoms with Gasteiger partial charge in [-0.05, 0) is 66.5 Å². The van der Waals surface area contributed by atoms with Gasteiger partial charge in [0, 0.05) is 19.5 Å². The Kier molecular flexibility index (Phi) is 25.8. The molecule has 0 saturated carbocycles. The van der Waals surface area contributed by atoms with Crippen LogP contribution in [0.15, 0.2) is 18.2 Å². The number of phenolic OH excluding ortho intramolecular Hbond substituents is 1. The van der Waals surface area contributed by atoms with Crippen LogP contribution in [0.4, 0.5) is 0 Å². The van der Waals surface area contributed by atoms with Gasteiger partial charge in [0.25, 0.3) is 0 Å². The molecule has 0 aliphatic heterocycles. The second-order valence-electron chi connectivity index (χ2n) is 7.27. The molecule has 0 amide bonds. The molecule has 1 aromatic carbocycles. The van der Waals surface area contributed by atoms with Crippen molar-refractivity contribution in [2.24, 2.45) is 0 Å². The fraction of sp³-hybridized carbons (Fsp3) is 0.700. The summed E-state index contributed by atoms with van der Waals surface area (Å²) >= 11 is 7.21.